The quantitative estimate of drug-likeness (QED) is 0.481. The zero-order chi connectivity index (χ0) is 22.1. The molecule has 1 aromatic carbocycles. The molecule has 7 heteroatoms. The van der Waals surface area contributed by atoms with Crippen molar-refractivity contribution in [2.75, 3.05) is 27.2 Å². The van der Waals surface area contributed by atoms with Gasteiger partial charge in [0.1, 0.15) is 12.3 Å². The molecular formula is C25H27N5O2. The minimum atomic E-state index is 0.0457. The number of carbonyl (C=O) groups is 1. The molecule has 0 aliphatic carbocycles. The molecule has 0 N–H and O–H groups in total. The number of hydrogen-bond donors (Lipinski definition) is 0. The van der Waals surface area contributed by atoms with Crippen LogP contribution >= 0.6 is 0 Å². The lowest BCUT2D eigenvalue weighted by atomic mass is 10.0. The first-order valence-corrected chi connectivity index (χ1v) is 11.0. The Morgan fingerprint density at radius 2 is 1.91 bits per heavy atom. The van der Waals surface area contributed by atoms with E-state index < -0.39 is 0 Å². The van der Waals surface area contributed by atoms with Crippen LogP contribution in [0.25, 0.3) is 22.3 Å². The van der Waals surface area contributed by atoms with E-state index >= 15 is 0 Å². The van der Waals surface area contributed by atoms with Crippen LogP contribution in [-0.2, 0) is 6.54 Å². The normalized spacial score (nSPS) is 15.0. The minimum absolute atomic E-state index is 0.0457. The summed E-state index contributed by atoms with van der Waals surface area (Å²) in [5.74, 6) is 0.838. The van der Waals surface area contributed by atoms with E-state index in [0.29, 0.717) is 23.8 Å². The van der Waals surface area contributed by atoms with Crippen molar-refractivity contribution in [2.45, 2.75) is 25.4 Å². The summed E-state index contributed by atoms with van der Waals surface area (Å²) in [5, 5.41) is 5.32. The summed E-state index contributed by atoms with van der Waals surface area (Å²) in [6, 6.07) is 16.2. The average molecular weight is 430 g/mol. The molecule has 0 spiro atoms. The van der Waals surface area contributed by atoms with Crippen molar-refractivity contribution in [1.29, 1.82) is 0 Å². The molecule has 1 saturated heterocycles. The smallest absolute Gasteiger partial charge is 0.254 e. The summed E-state index contributed by atoms with van der Waals surface area (Å²) in [6.45, 7) is 1.98. The van der Waals surface area contributed by atoms with Crippen molar-refractivity contribution in [3.8, 4) is 11.3 Å². The fraction of sp³-hybridized carbons (Fsp3) is 0.320. The molecule has 1 fully saturated rings. The van der Waals surface area contributed by atoms with Gasteiger partial charge >= 0.3 is 0 Å². The van der Waals surface area contributed by atoms with E-state index in [0.717, 1.165) is 48.3 Å². The Labute approximate surface area is 187 Å². The average Bonchev–Trinajstić information content (AvgIpc) is 3.49. The molecule has 32 heavy (non-hydrogen) atoms. The van der Waals surface area contributed by atoms with Gasteiger partial charge in [-0.1, -0.05) is 30.3 Å². The zero-order valence-corrected chi connectivity index (χ0v) is 18.4. The fourth-order valence-corrected chi connectivity index (χ4v) is 4.40. The van der Waals surface area contributed by atoms with Gasteiger partial charge in [0, 0.05) is 24.7 Å². The maximum Gasteiger partial charge on any atom is 0.254 e. The first-order valence-electron chi connectivity index (χ1n) is 11.0. The van der Waals surface area contributed by atoms with Crippen LogP contribution in [0, 0.1) is 0 Å². The third kappa shape index (κ3) is 3.91. The number of furan rings is 1. The van der Waals surface area contributed by atoms with Gasteiger partial charge in [0.05, 0.1) is 29.1 Å². The number of likely N-dealkylation sites (tertiary alicyclic amines) is 1. The number of nitrogens with zero attached hydrogens (tertiary/aromatic N) is 5. The molecule has 1 aliphatic heterocycles. The Morgan fingerprint density at radius 3 is 2.59 bits per heavy atom. The second-order valence-corrected chi connectivity index (χ2v) is 8.53. The highest BCUT2D eigenvalue weighted by Crippen LogP contribution is 2.27. The largest absolute Gasteiger partial charge is 0.467 e. The molecular weight excluding hydrogens is 402 g/mol. The summed E-state index contributed by atoms with van der Waals surface area (Å²) in [5.41, 5.74) is 3.09. The maximum atomic E-state index is 13.6. The molecule has 1 aliphatic rings. The monoisotopic (exact) mass is 429 g/mol. The Hall–Kier alpha value is -3.45. The van der Waals surface area contributed by atoms with Crippen LogP contribution in [0.1, 0.15) is 29.0 Å². The van der Waals surface area contributed by atoms with E-state index in [4.69, 9.17) is 9.40 Å². The summed E-state index contributed by atoms with van der Waals surface area (Å²) in [7, 11) is 4.21. The van der Waals surface area contributed by atoms with Crippen molar-refractivity contribution >= 4 is 16.9 Å². The van der Waals surface area contributed by atoms with Crippen LogP contribution in [0.5, 0.6) is 0 Å². The molecule has 4 heterocycles. The van der Waals surface area contributed by atoms with Gasteiger partial charge < -0.3 is 14.2 Å². The van der Waals surface area contributed by atoms with Gasteiger partial charge in [-0.2, -0.15) is 5.10 Å². The van der Waals surface area contributed by atoms with Crippen molar-refractivity contribution in [2.24, 2.45) is 0 Å². The zero-order valence-electron chi connectivity index (χ0n) is 18.4. The van der Waals surface area contributed by atoms with Crippen LogP contribution in [0.4, 0.5) is 0 Å². The second kappa shape index (κ2) is 8.59. The Morgan fingerprint density at radius 1 is 1.12 bits per heavy atom. The van der Waals surface area contributed by atoms with Gasteiger partial charge in [-0.25, -0.2) is 9.67 Å². The molecule has 4 aromatic rings. The van der Waals surface area contributed by atoms with E-state index in [9.17, 15) is 4.79 Å². The summed E-state index contributed by atoms with van der Waals surface area (Å²) in [4.78, 5) is 22.7. The molecule has 0 unspecified atom stereocenters. The van der Waals surface area contributed by atoms with Crippen LogP contribution in [0.15, 0.2) is 65.4 Å². The lowest BCUT2D eigenvalue weighted by Crippen LogP contribution is -2.44. The number of carbonyl (C=O) groups excluding carboxylic acids is 1. The van der Waals surface area contributed by atoms with Gasteiger partial charge in [0.2, 0.25) is 0 Å². The number of pyridine rings is 1. The van der Waals surface area contributed by atoms with Crippen molar-refractivity contribution in [3.63, 3.8) is 0 Å². The van der Waals surface area contributed by atoms with Gasteiger partial charge in [-0.15, -0.1) is 0 Å². The third-order valence-electron chi connectivity index (χ3n) is 6.28. The van der Waals surface area contributed by atoms with E-state index in [2.05, 4.69) is 24.1 Å². The first kappa shape index (κ1) is 20.5. The summed E-state index contributed by atoms with van der Waals surface area (Å²) < 4.78 is 7.31. The highest BCUT2D eigenvalue weighted by Gasteiger charge is 2.27. The number of benzene rings is 1. The highest BCUT2D eigenvalue weighted by atomic mass is 16.3. The molecule has 164 valence electrons. The van der Waals surface area contributed by atoms with E-state index in [1.807, 2.05) is 53.4 Å². The standard InChI is InChI=1S/C25H27N5O2/c1-28(2)19-10-12-29(13-11-19)25(31)21-15-23(18-7-4-3-5-8-18)27-24-22(21)16-26-30(24)17-20-9-6-14-32-20/h3-9,14-16,19H,10-13,17H2,1-2H3. The number of rotatable bonds is 5. The van der Waals surface area contributed by atoms with Gasteiger partial charge in [0.15, 0.2) is 5.65 Å². The van der Waals surface area contributed by atoms with Crippen molar-refractivity contribution < 1.29 is 9.21 Å². The van der Waals surface area contributed by atoms with Crippen molar-refractivity contribution in [1.82, 2.24) is 24.6 Å². The maximum absolute atomic E-state index is 13.6. The second-order valence-electron chi connectivity index (χ2n) is 8.53. The number of fused-ring (bicyclic) bond motifs is 1. The topological polar surface area (TPSA) is 67.4 Å². The van der Waals surface area contributed by atoms with Crippen LogP contribution < -0.4 is 0 Å². The third-order valence-corrected chi connectivity index (χ3v) is 6.28. The van der Waals surface area contributed by atoms with Crippen molar-refractivity contribution in [3.05, 3.63) is 72.3 Å². The Kier molecular flexibility index (Phi) is 5.49. The number of hydrogen-bond acceptors (Lipinski definition) is 5. The lowest BCUT2D eigenvalue weighted by molar-refractivity contribution is 0.0665. The van der Waals surface area contributed by atoms with E-state index in [1.54, 1.807) is 17.1 Å². The molecule has 0 bridgehead atoms. The van der Waals surface area contributed by atoms with Gasteiger partial charge in [-0.05, 0) is 45.1 Å². The van der Waals surface area contributed by atoms with Crippen LogP contribution in [-0.4, -0.2) is 63.7 Å². The fourth-order valence-electron chi connectivity index (χ4n) is 4.40. The molecule has 1 amide bonds. The van der Waals surface area contributed by atoms with E-state index in [-0.39, 0.29) is 5.91 Å². The predicted molar refractivity (Wildman–Crippen MR) is 123 cm³/mol. The SMILES string of the molecule is CN(C)C1CCN(C(=O)c2cc(-c3ccccc3)nc3c2cnn3Cc2ccco2)CC1. The number of amides is 1. The predicted octanol–water partition coefficient (Wildman–Crippen LogP) is 3.91. The number of piperidine rings is 1. The summed E-state index contributed by atoms with van der Waals surface area (Å²) >= 11 is 0. The molecule has 3 aromatic heterocycles. The lowest BCUT2D eigenvalue weighted by Gasteiger charge is -2.35. The molecule has 0 radical (unpaired) electrons. The molecule has 0 atom stereocenters. The first-order chi connectivity index (χ1) is 15.6. The molecule has 7 nitrogen and oxygen atoms in total. The van der Waals surface area contributed by atoms with Gasteiger partial charge in [0.25, 0.3) is 5.91 Å². The Bertz CT molecular complexity index is 1210. The number of aromatic nitrogens is 3. The Balaban J connectivity index is 1.55. The van der Waals surface area contributed by atoms with Crippen LogP contribution in [0.3, 0.4) is 0 Å². The van der Waals surface area contributed by atoms with Gasteiger partial charge in [-0.3, -0.25) is 4.79 Å². The minimum Gasteiger partial charge on any atom is -0.467 e. The summed E-state index contributed by atoms with van der Waals surface area (Å²) in [6.07, 6.45) is 5.36. The van der Waals surface area contributed by atoms with E-state index in [1.165, 1.54) is 0 Å². The molecule has 0 saturated carbocycles. The molecule has 5 rings (SSSR count). The highest BCUT2D eigenvalue weighted by molar-refractivity contribution is 6.06. The van der Waals surface area contributed by atoms with Crippen LogP contribution in [0.2, 0.25) is 0 Å².